The van der Waals surface area contributed by atoms with E-state index in [9.17, 15) is 9.90 Å². The molecule has 2 N–H and O–H groups in total. The van der Waals surface area contributed by atoms with E-state index >= 15 is 0 Å². The van der Waals surface area contributed by atoms with Gasteiger partial charge in [-0.15, -0.1) is 0 Å². The van der Waals surface area contributed by atoms with E-state index in [4.69, 9.17) is 0 Å². The molecule has 2 rings (SSSR count). The molecule has 118 valence electrons. The average molecular weight is 365 g/mol. The summed E-state index contributed by atoms with van der Waals surface area (Å²) < 4.78 is 0.967. The molecule has 5 heteroatoms. The Morgan fingerprint density at radius 3 is 2.68 bits per heavy atom. The Bertz CT molecular complexity index is 669. The number of benzene rings is 1. The number of nitrogens with one attached hydrogen (secondary N) is 1. The molecular weight excluding hydrogens is 344 g/mol. The summed E-state index contributed by atoms with van der Waals surface area (Å²) in [5.41, 5.74) is 1.36. The Morgan fingerprint density at radius 2 is 2.05 bits per heavy atom. The van der Waals surface area contributed by atoms with E-state index in [1.165, 1.54) is 0 Å². The summed E-state index contributed by atoms with van der Waals surface area (Å²) in [5, 5.41) is 13.9. The minimum absolute atomic E-state index is 0.465. The lowest BCUT2D eigenvalue weighted by atomic mass is 9.82. The Morgan fingerprint density at radius 1 is 1.32 bits per heavy atom. The number of pyridine rings is 1. The van der Waals surface area contributed by atoms with Crippen LogP contribution >= 0.6 is 15.9 Å². The van der Waals surface area contributed by atoms with Gasteiger partial charge in [0, 0.05) is 29.1 Å². The molecule has 0 aliphatic carbocycles. The van der Waals surface area contributed by atoms with Gasteiger partial charge in [0.15, 0.2) is 0 Å². The summed E-state index contributed by atoms with van der Waals surface area (Å²) in [6, 6.07) is 7.96. The number of carboxylic acid groups (broad SMARTS) is 1. The number of halogens is 1. The highest BCUT2D eigenvalue weighted by molar-refractivity contribution is 9.10. The number of fused-ring (bicyclic) bond motifs is 1. The lowest BCUT2D eigenvalue weighted by molar-refractivity contribution is -0.149. The summed E-state index contributed by atoms with van der Waals surface area (Å²) in [4.78, 5) is 15.9. The SMILES string of the molecule is CCC(CC)(CNCc1ccnc2c(Br)cccc12)C(=O)O. The molecule has 0 saturated carbocycles. The van der Waals surface area contributed by atoms with Crippen molar-refractivity contribution in [2.75, 3.05) is 6.54 Å². The molecule has 0 unspecified atom stereocenters. The molecule has 0 bridgehead atoms. The van der Waals surface area contributed by atoms with Crippen molar-refractivity contribution in [3.63, 3.8) is 0 Å². The summed E-state index contributed by atoms with van der Waals surface area (Å²) in [6.45, 7) is 4.95. The van der Waals surface area contributed by atoms with E-state index in [1.807, 2.05) is 38.1 Å². The van der Waals surface area contributed by atoms with Crippen LogP contribution in [-0.4, -0.2) is 22.6 Å². The van der Waals surface area contributed by atoms with Gasteiger partial charge in [-0.25, -0.2) is 0 Å². The van der Waals surface area contributed by atoms with Gasteiger partial charge in [0.1, 0.15) is 0 Å². The normalized spacial score (nSPS) is 11.8. The van der Waals surface area contributed by atoms with Gasteiger partial charge in [-0.3, -0.25) is 9.78 Å². The number of aliphatic carboxylic acids is 1. The maximum atomic E-state index is 11.5. The first kappa shape index (κ1) is 16.9. The number of carbonyl (C=O) groups is 1. The molecule has 4 nitrogen and oxygen atoms in total. The van der Waals surface area contributed by atoms with Crippen LogP contribution < -0.4 is 5.32 Å². The van der Waals surface area contributed by atoms with Crippen LogP contribution in [0.3, 0.4) is 0 Å². The largest absolute Gasteiger partial charge is 0.481 e. The van der Waals surface area contributed by atoms with Crippen LogP contribution in [0.1, 0.15) is 32.3 Å². The van der Waals surface area contributed by atoms with E-state index in [0.29, 0.717) is 25.9 Å². The molecular formula is C17H21BrN2O2. The number of nitrogens with zero attached hydrogens (tertiary/aromatic N) is 1. The van der Waals surface area contributed by atoms with Crippen molar-refractivity contribution in [1.29, 1.82) is 0 Å². The van der Waals surface area contributed by atoms with Gasteiger partial charge in [0.25, 0.3) is 0 Å². The van der Waals surface area contributed by atoms with Gasteiger partial charge in [0.05, 0.1) is 10.9 Å². The second-order valence-corrected chi connectivity index (χ2v) is 6.36. The van der Waals surface area contributed by atoms with Crippen LogP contribution in [0.2, 0.25) is 0 Å². The van der Waals surface area contributed by atoms with E-state index in [0.717, 1.165) is 20.9 Å². The van der Waals surface area contributed by atoms with Crippen molar-refractivity contribution in [2.45, 2.75) is 33.2 Å². The average Bonchev–Trinajstić information content (AvgIpc) is 2.52. The monoisotopic (exact) mass is 364 g/mol. The summed E-state index contributed by atoms with van der Waals surface area (Å²) in [7, 11) is 0. The first-order chi connectivity index (χ1) is 10.5. The van der Waals surface area contributed by atoms with E-state index in [2.05, 4.69) is 26.2 Å². The van der Waals surface area contributed by atoms with Crippen molar-refractivity contribution in [3.8, 4) is 0 Å². The quantitative estimate of drug-likeness (QED) is 0.779. The third kappa shape index (κ3) is 3.31. The first-order valence-corrected chi connectivity index (χ1v) is 8.29. The highest BCUT2D eigenvalue weighted by Gasteiger charge is 2.34. The highest BCUT2D eigenvalue weighted by Crippen LogP contribution is 2.27. The predicted molar refractivity (Wildman–Crippen MR) is 91.8 cm³/mol. The van der Waals surface area contributed by atoms with Crippen molar-refractivity contribution < 1.29 is 9.90 Å². The number of hydrogen-bond donors (Lipinski definition) is 2. The fraction of sp³-hybridized carbons (Fsp3) is 0.412. The number of para-hydroxylation sites is 1. The summed E-state index contributed by atoms with van der Waals surface area (Å²) >= 11 is 3.51. The maximum absolute atomic E-state index is 11.5. The topological polar surface area (TPSA) is 62.2 Å². The molecule has 1 aromatic carbocycles. The second-order valence-electron chi connectivity index (χ2n) is 5.50. The Balaban J connectivity index is 2.16. The molecule has 2 aromatic rings. The van der Waals surface area contributed by atoms with Crippen molar-refractivity contribution in [3.05, 3.63) is 40.5 Å². The van der Waals surface area contributed by atoms with Crippen LogP contribution in [0.15, 0.2) is 34.9 Å². The number of rotatable bonds is 7. The van der Waals surface area contributed by atoms with Crippen molar-refractivity contribution in [2.24, 2.45) is 5.41 Å². The van der Waals surface area contributed by atoms with Gasteiger partial charge in [-0.05, 0) is 46.5 Å². The van der Waals surface area contributed by atoms with Crippen LogP contribution in [-0.2, 0) is 11.3 Å². The fourth-order valence-corrected chi connectivity index (χ4v) is 3.13. The zero-order chi connectivity index (χ0) is 16.2. The Hall–Kier alpha value is -1.46. The molecule has 1 aromatic heterocycles. The molecule has 0 aliphatic heterocycles. The zero-order valence-corrected chi connectivity index (χ0v) is 14.5. The number of aromatic nitrogens is 1. The van der Waals surface area contributed by atoms with Crippen LogP contribution in [0.5, 0.6) is 0 Å². The van der Waals surface area contributed by atoms with Gasteiger partial charge >= 0.3 is 5.97 Å². The summed E-state index contributed by atoms with van der Waals surface area (Å²) in [5.74, 6) is -0.729. The molecule has 22 heavy (non-hydrogen) atoms. The van der Waals surface area contributed by atoms with Crippen LogP contribution in [0.4, 0.5) is 0 Å². The number of hydrogen-bond acceptors (Lipinski definition) is 3. The minimum Gasteiger partial charge on any atom is -0.481 e. The third-order valence-electron chi connectivity index (χ3n) is 4.40. The van der Waals surface area contributed by atoms with Gasteiger partial charge < -0.3 is 10.4 Å². The third-order valence-corrected chi connectivity index (χ3v) is 5.04. The summed E-state index contributed by atoms with van der Waals surface area (Å²) in [6.07, 6.45) is 3.02. The Labute approximate surface area is 139 Å². The second kappa shape index (κ2) is 7.20. The molecule has 0 amide bonds. The van der Waals surface area contributed by atoms with Crippen LogP contribution in [0.25, 0.3) is 10.9 Å². The van der Waals surface area contributed by atoms with E-state index in [-0.39, 0.29) is 0 Å². The Kier molecular flexibility index (Phi) is 5.53. The first-order valence-electron chi connectivity index (χ1n) is 7.50. The lowest BCUT2D eigenvalue weighted by Crippen LogP contribution is -2.40. The molecule has 0 saturated heterocycles. The van der Waals surface area contributed by atoms with Gasteiger partial charge in [-0.2, -0.15) is 0 Å². The molecule has 0 fully saturated rings. The standard InChI is InChI=1S/C17H21BrN2O2/c1-3-17(4-2,16(21)22)11-19-10-12-8-9-20-15-13(12)6-5-7-14(15)18/h5-9,19H,3-4,10-11H2,1-2H3,(H,21,22). The van der Waals surface area contributed by atoms with Crippen molar-refractivity contribution >= 4 is 32.8 Å². The zero-order valence-electron chi connectivity index (χ0n) is 12.9. The molecule has 0 radical (unpaired) electrons. The van der Waals surface area contributed by atoms with Crippen LogP contribution in [0, 0.1) is 5.41 Å². The molecule has 0 spiro atoms. The lowest BCUT2D eigenvalue weighted by Gasteiger charge is -2.27. The smallest absolute Gasteiger partial charge is 0.310 e. The van der Waals surface area contributed by atoms with E-state index in [1.54, 1.807) is 6.20 Å². The van der Waals surface area contributed by atoms with Gasteiger partial charge in [0.2, 0.25) is 0 Å². The van der Waals surface area contributed by atoms with Gasteiger partial charge in [-0.1, -0.05) is 26.0 Å². The number of carboxylic acids is 1. The minimum atomic E-state index is -0.729. The highest BCUT2D eigenvalue weighted by atomic mass is 79.9. The molecule has 0 aliphatic rings. The predicted octanol–water partition coefficient (Wildman–Crippen LogP) is 3.98. The van der Waals surface area contributed by atoms with Crippen molar-refractivity contribution in [1.82, 2.24) is 10.3 Å². The molecule has 1 heterocycles. The molecule has 0 atom stereocenters. The maximum Gasteiger partial charge on any atom is 0.310 e. The fourth-order valence-electron chi connectivity index (χ4n) is 2.67. The van der Waals surface area contributed by atoms with E-state index < -0.39 is 11.4 Å².